The van der Waals surface area contributed by atoms with Gasteiger partial charge in [0.15, 0.2) is 15.6 Å². The number of methoxy groups -OCH3 is 1. The first-order chi connectivity index (χ1) is 33.3. The number of morpholine rings is 1. The van der Waals surface area contributed by atoms with Crippen LogP contribution in [-0.4, -0.2) is 129 Å². The van der Waals surface area contributed by atoms with Gasteiger partial charge in [-0.25, -0.2) is 13.4 Å². The van der Waals surface area contributed by atoms with Crippen LogP contribution in [0, 0.1) is 22.5 Å². The number of fused-ring (bicyclic) bond motifs is 1. The number of hydrogen-bond donors (Lipinski definition) is 2. The Kier molecular flexibility index (Phi) is 14.7. The monoisotopic (exact) mass is 987 g/mol. The quantitative estimate of drug-likeness (QED) is 0.0546. The number of amides is 1. The minimum Gasteiger partial charge on any atom is -0.455 e. The Labute approximate surface area is 403 Å². The van der Waals surface area contributed by atoms with Crippen LogP contribution in [0.5, 0.6) is 11.5 Å². The van der Waals surface area contributed by atoms with E-state index in [4.69, 9.17) is 14.2 Å². The van der Waals surface area contributed by atoms with Crippen LogP contribution in [-0.2, 0) is 30.3 Å². The van der Waals surface area contributed by atoms with E-state index in [1.54, 1.807) is 42.3 Å². The molecule has 0 radical (unpaired) electrons. The highest BCUT2D eigenvalue weighted by molar-refractivity contribution is 7.92. The van der Waals surface area contributed by atoms with Crippen molar-refractivity contribution in [3.05, 3.63) is 117 Å². The molecule has 8 rings (SSSR count). The Balaban J connectivity index is 0.988. The molecule has 0 unspecified atom stereocenters. The van der Waals surface area contributed by atoms with Gasteiger partial charge in [0.25, 0.3) is 5.69 Å². The maximum absolute atomic E-state index is 14.1. The molecule has 2 saturated heterocycles. The largest absolute Gasteiger partial charge is 0.455 e. The zero-order valence-corrected chi connectivity index (χ0v) is 40.3. The maximum atomic E-state index is 14.1. The number of nitro benzene ring substituents is 1. The average Bonchev–Trinajstić information content (AvgIpc) is 3.79. The summed E-state index contributed by atoms with van der Waals surface area (Å²) < 4.78 is 85.5. The molecule has 5 aromatic rings. The Morgan fingerprint density at radius 1 is 1.03 bits per heavy atom. The molecule has 1 aliphatic carbocycles. The van der Waals surface area contributed by atoms with E-state index in [9.17, 15) is 41.3 Å². The molecule has 372 valence electrons. The van der Waals surface area contributed by atoms with Gasteiger partial charge >= 0.3 is 6.18 Å². The molecule has 16 nitrogen and oxygen atoms in total. The number of Topliss-reactive ketones (excluding diaryl/α,β-unsaturated/α-hetero) is 1. The number of allylic oxidation sites excluding steroid dienone is 1. The number of carbonyl (C=O) groups is 2. The molecule has 4 heterocycles. The number of pyridine rings is 1. The van der Waals surface area contributed by atoms with Crippen LogP contribution in [0.4, 0.5) is 30.2 Å². The number of ketones is 1. The lowest BCUT2D eigenvalue weighted by atomic mass is 9.72. The van der Waals surface area contributed by atoms with Gasteiger partial charge in [-0.2, -0.15) is 13.2 Å². The highest BCUT2D eigenvalue weighted by Gasteiger charge is 2.34. The van der Waals surface area contributed by atoms with E-state index in [1.807, 2.05) is 6.07 Å². The van der Waals surface area contributed by atoms with Gasteiger partial charge in [0.1, 0.15) is 35.2 Å². The summed E-state index contributed by atoms with van der Waals surface area (Å²) in [6.07, 6.45) is 0.867. The number of nitro groups is 1. The molecule has 0 bridgehead atoms. The molecule has 1 atom stereocenters. The van der Waals surface area contributed by atoms with Crippen molar-refractivity contribution in [1.29, 1.82) is 0 Å². The lowest BCUT2D eigenvalue weighted by Crippen LogP contribution is -2.48. The second-order valence-electron chi connectivity index (χ2n) is 18.8. The van der Waals surface area contributed by atoms with Crippen LogP contribution in [0.3, 0.4) is 0 Å². The van der Waals surface area contributed by atoms with Crippen molar-refractivity contribution in [2.75, 3.05) is 88.7 Å². The van der Waals surface area contributed by atoms with Crippen molar-refractivity contribution in [3.8, 4) is 11.5 Å². The number of benzene rings is 3. The first-order valence-electron chi connectivity index (χ1n) is 23.0. The number of nitrogens with one attached hydrogen (secondary N) is 2. The van der Waals surface area contributed by atoms with Crippen molar-refractivity contribution in [2.24, 2.45) is 5.41 Å². The molecule has 3 aliphatic rings. The lowest BCUT2D eigenvalue weighted by molar-refractivity contribution is -0.384. The summed E-state index contributed by atoms with van der Waals surface area (Å²) in [4.78, 5) is 51.1. The molecule has 1 amide bonds. The van der Waals surface area contributed by atoms with Crippen LogP contribution in [0.15, 0.2) is 89.6 Å². The van der Waals surface area contributed by atoms with E-state index in [-0.39, 0.29) is 54.6 Å². The Morgan fingerprint density at radius 2 is 1.81 bits per heavy atom. The molecule has 0 saturated carbocycles. The minimum atomic E-state index is -4.44. The van der Waals surface area contributed by atoms with Gasteiger partial charge in [-0.05, 0) is 96.8 Å². The molecule has 0 spiro atoms. The third kappa shape index (κ3) is 11.6. The summed E-state index contributed by atoms with van der Waals surface area (Å²) in [5.74, 6) is -1.62. The zero-order valence-electron chi connectivity index (χ0n) is 39.4. The number of halogens is 3. The third-order valence-electron chi connectivity index (χ3n) is 13.2. The Morgan fingerprint density at radius 3 is 2.54 bits per heavy atom. The van der Waals surface area contributed by atoms with Crippen LogP contribution in [0.25, 0.3) is 16.6 Å². The third-order valence-corrected chi connectivity index (χ3v) is 14.8. The summed E-state index contributed by atoms with van der Waals surface area (Å²) in [6, 6.07) is 15.9. The number of aromatic nitrogens is 2. The van der Waals surface area contributed by atoms with Crippen LogP contribution < -0.4 is 15.0 Å². The van der Waals surface area contributed by atoms with Crippen LogP contribution in [0.2, 0.25) is 0 Å². The second-order valence-corrected chi connectivity index (χ2v) is 20.8. The molecule has 2 fully saturated rings. The van der Waals surface area contributed by atoms with Crippen molar-refractivity contribution >= 4 is 55.2 Å². The fraction of sp³-hybridized carbons (Fsp3) is 0.420. The number of H-pyrrole nitrogens is 1. The van der Waals surface area contributed by atoms with Crippen molar-refractivity contribution in [1.82, 2.24) is 19.8 Å². The summed E-state index contributed by atoms with van der Waals surface area (Å²) in [7, 11) is -3.02. The molecule has 20 heteroatoms. The number of nitrogens with zero attached hydrogens (tertiary/aromatic N) is 5. The first kappa shape index (κ1) is 50.1. The van der Waals surface area contributed by atoms with Gasteiger partial charge in [-0.3, -0.25) is 24.6 Å². The van der Waals surface area contributed by atoms with Crippen LogP contribution >= 0.6 is 0 Å². The fourth-order valence-corrected chi connectivity index (χ4v) is 10.6. The number of sulfone groups is 1. The number of piperazine rings is 1. The number of aromatic amines is 1. The molecule has 2 N–H and O–H groups in total. The molecule has 3 aromatic carbocycles. The molecule has 2 aromatic heterocycles. The number of ether oxygens (including phenoxy) is 3. The fourth-order valence-electron chi connectivity index (χ4n) is 9.38. The number of rotatable bonds is 16. The van der Waals surface area contributed by atoms with Crippen molar-refractivity contribution in [2.45, 2.75) is 57.2 Å². The van der Waals surface area contributed by atoms with Crippen LogP contribution in [0.1, 0.15) is 60.2 Å². The average molecular weight is 988 g/mol. The summed E-state index contributed by atoms with van der Waals surface area (Å²) in [5.41, 5.74) is 4.00. The van der Waals surface area contributed by atoms with Gasteiger partial charge < -0.3 is 34.3 Å². The second kappa shape index (κ2) is 20.5. The maximum Gasteiger partial charge on any atom is 0.416 e. The van der Waals surface area contributed by atoms with E-state index in [2.05, 4.69) is 38.9 Å². The highest BCUT2D eigenvalue weighted by Crippen LogP contribution is 2.45. The normalized spacial score (nSPS) is 18.0. The van der Waals surface area contributed by atoms with Crippen molar-refractivity contribution < 1.29 is 50.3 Å². The smallest absolute Gasteiger partial charge is 0.416 e. The Bertz CT molecular complexity index is 2930. The number of hydrogen-bond acceptors (Lipinski definition) is 13. The van der Waals surface area contributed by atoms with Gasteiger partial charge in [-0.15, -0.1) is 0 Å². The predicted molar refractivity (Wildman–Crippen MR) is 258 cm³/mol. The number of alkyl halides is 3. The molecule has 2 aliphatic heterocycles. The number of anilines is 2. The SMILES string of the molecule is COCC(=O)N1CCO[C@H](CNc2ccc(S(=O)(=O)CC(=O)c3ccc(N4CCN(CC5=C(c6ccc(C(F)(F)F)cc6C)CC(C)(C)CC5)CC4)cc3Oc3cnc4[nH]ccc4c3)cc2[N+](=O)[O-])C1. The standard InChI is InChI=1S/C50H56F3N7O9S/c1-32-21-35(50(51,52)53)5-8-40(32)42-25-49(2,3)13-11-34(42)28-57-15-17-58(18-16-57)36-6-9-41(46(23-36)69-37-22-33-12-14-54-48(33)56-26-37)45(61)31-70(65,66)39-7-10-43(44(24-39)60(63)64)55-27-38-29-59(19-20-68-38)47(62)30-67-4/h5-10,12,14,21-24,26,38,55H,11,13,15-20,25,27-31H2,1-4H3,(H,54,56)/t38-/m1/s1. The molecular weight excluding hydrogens is 932 g/mol. The summed E-state index contributed by atoms with van der Waals surface area (Å²) in [5, 5.41) is 15.9. The predicted octanol–water partition coefficient (Wildman–Crippen LogP) is 8.32. The lowest BCUT2D eigenvalue weighted by Gasteiger charge is -2.39. The summed E-state index contributed by atoms with van der Waals surface area (Å²) >= 11 is 0. The Hall–Kier alpha value is -6.35. The van der Waals surface area contributed by atoms with E-state index in [0.717, 1.165) is 47.5 Å². The minimum absolute atomic E-state index is 0.00215. The van der Waals surface area contributed by atoms with Gasteiger partial charge in [0, 0.05) is 88.9 Å². The van der Waals surface area contributed by atoms with E-state index in [0.29, 0.717) is 56.2 Å². The van der Waals surface area contributed by atoms with E-state index < -0.39 is 54.7 Å². The van der Waals surface area contributed by atoms with Gasteiger partial charge in [0.2, 0.25) is 5.91 Å². The first-order valence-corrected chi connectivity index (χ1v) is 24.7. The van der Waals surface area contributed by atoms with Gasteiger partial charge in [0.05, 0.1) is 39.9 Å². The van der Waals surface area contributed by atoms with Crippen molar-refractivity contribution in [3.63, 3.8) is 0 Å². The zero-order chi connectivity index (χ0) is 50.0. The number of aryl methyl sites for hydroxylation is 1. The van der Waals surface area contributed by atoms with Gasteiger partial charge in [-0.1, -0.05) is 25.5 Å². The molecule has 70 heavy (non-hydrogen) atoms. The summed E-state index contributed by atoms with van der Waals surface area (Å²) in [6.45, 7) is 10.3. The topological polar surface area (TPSA) is 190 Å². The highest BCUT2D eigenvalue weighted by atomic mass is 32.2. The van der Waals surface area contributed by atoms with E-state index in [1.165, 1.54) is 49.2 Å². The van der Waals surface area contributed by atoms with E-state index >= 15 is 0 Å². The number of carbonyl (C=O) groups excluding carboxylic acids is 2. The molecular formula is C50H56F3N7O9S.